The van der Waals surface area contributed by atoms with Crippen molar-refractivity contribution < 1.29 is 9.59 Å². The normalized spacial score (nSPS) is 9.62. The van der Waals surface area contributed by atoms with Crippen LogP contribution in [0.1, 0.15) is 29.3 Å². The lowest BCUT2D eigenvalue weighted by molar-refractivity contribution is -0.107. The minimum Gasteiger partial charge on any atom is -0.303 e. The van der Waals surface area contributed by atoms with Crippen LogP contribution in [-0.2, 0) is 11.2 Å². The fourth-order valence-corrected chi connectivity index (χ4v) is 1.29. The maximum atomic E-state index is 11.4. The first-order valence-corrected chi connectivity index (χ1v) is 4.34. The number of ketones is 1. The molecule has 0 atom stereocenters. The molecule has 0 bridgehead atoms. The molecule has 0 unspecified atom stereocenters. The highest BCUT2D eigenvalue weighted by molar-refractivity contribution is 6.03. The van der Waals surface area contributed by atoms with Crippen LogP contribution in [0.15, 0.2) is 24.3 Å². The van der Waals surface area contributed by atoms with E-state index in [9.17, 15) is 9.59 Å². The zero-order chi connectivity index (χ0) is 9.68. The molecule has 68 valence electrons. The summed E-state index contributed by atoms with van der Waals surface area (Å²) in [6.45, 7) is 1.99. The van der Waals surface area contributed by atoms with Crippen LogP contribution in [0.25, 0.3) is 0 Å². The highest BCUT2D eigenvalue weighted by Crippen LogP contribution is 2.10. The third kappa shape index (κ3) is 2.25. The summed E-state index contributed by atoms with van der Waals surface area (Å²) in [5.41, 5.74) is 1.69. The van der Waals surface area contributed by atoms with E-state index >= 15 is 0 Å². The molecule has 0 N–H and O–H groups in total. The molecule has 2 heteroatoms. The predicted molar refractivity (Wildman–Crippen MR) is 50.8 cm³/mol. The van der Waals surface area contributed by atoms with E-state index in [0.717, 1.165) is 12.0 Å². The second-order valence-corrected chi connectivity index (χ2v) is 2.80. The molecule has 0 radical (unpaired) electrons. The first-order valence-electron chi connectivity index (χ1n) is 4.34. The van der Waals surface area contributed by atoms with E-state index in [1.54, 1.807) is 6.07 Å². The maximum Gasteiger partial charge on any atom is 0.170 e. The van der Waals surface area contributed by atoms with Crippen molar-refractivity contribution in [2.24, 2.45) is 0 Å². The Labute approximate surface area is 77.6 Å². The third-order valence-corrected chi connectivity index (χ3v) is 1.97. The van der Waals surface area contributed by atoms with E-state index < -0.39 is 0 Å². The van der Waals surface area contributed by atoms with Crippen molar-refractivity contribution in [3.8, 4) is 0 Å². The van der Waals surface area contributed by atoms with Crippen LogP contribution in [0.5, 0.6) is 0 Å². The lowest BCUT2D eigenvalue weighted by Gasteiger charge is -2.03. The summed E-state index contributed by atoms with van der Waals surface area (Å²) in [5, 5.41) is 0. The largest absolute Gasteiger partial charge is 0.303 e. The van der Waals surface area contributed by atoms with Crippen LogP contribution in [0, 0.1) is 0 Å². The van der Waals surface area contributed by atoms with Crippen LogP contribution in [0.4, 0.5) is 0 Å². The zero-order valence-electron chi connectivity index (χ0n) is 7.62. The highest BCUT2D eigenvalue weighted by atomic mass is 16.1. The molecule has 1 aromatic carbocycles. The predicted octanol–water partition coefficient (Wildman–Crippen LogP) is 2.02. The molecule has 0 aliphatic rings. The first kappa shape index (κ1) is 9.65. The average Bonchev–Trinajstić information content (AvgIpc) is 2.18. The van der Waals surface area contributed by atoms with Gasteiger partial charge in [0.25, 0.3) is 0 Å². The minimum atomic E-state index is -0.0903. The van der Waals surface area contributed by atoms with Gasteiger partial charge in [0.2, 0.25) is 0 Å². The van der Waals surface area contributed by atoms with Gasteiger partial charge in [0.15, 0.2) is 5.78 Å². The molecule has 0 heterocycles. The molecule has 1 rings (SSSR count). The smallest absolute Gasteiger partial charge is 0.170 e. The van der Waals surface area contributed by atoms with Gasteiger partial charge in [-0.05, 0) is 12.0 Å². The van der Waals surface area contributed by atoms with Crippen molar-refractivity contribution in [1.29, 1.82) is 0 Å². The molecule has 0 amide bonds. The molecule has 0 aromatic heterocycles. The summed E-state index contributed by atoms with van der Waals surface area (Å²) in [6.07, 6.45) is 1.45. The first-order chi connectivity index (χ1) is 6.29. The molecular weight excluding hydrogens is 164 g/mol. The molecule has 13 heavy (non-hydrogen) atoms. The minimum absolute atomic E-state index is 0.0169. The van der Waals surface area contributed by atoms with Gasteiger partial charge in [-0.1, -0.05) is 31.2 Å². The Morgan fingerprint density at radius 2 is 2.08 bits per heavy atom. The number of aryl methyl sites for hydroxylation is 1. The van der Waals surface area contributed by atoms with Gasteiger partial charge in [-0.15, -0.1) is 0 Å². The SMILES string of the molecule is CCc1ccccc1C(=O)CC=O. The number of benzene rings is 1. The number of aldehydes is 1. The number of carbonyl (C=O) groups is 2. The molecule has 2 nitrogen and oxygen atoms in total. The molecular formula is C11H12O2. The molecule has 0 aliphatic carbocycles. The van der Waals surface area contributed by atoms with Gasteiger partial charge < -0.3 is 4.79 Å². The van der Waals surface area contributed by atoms with Crippen LogP contribution < -0.4 is 0 Å². The Bertz CT molecular complexity index is 316. The Morgan fingerprint density at radius 3 is 2.69 bits per heavy atom. The van der Waals surface area contributed by atoms with E-state index in [4.69, 9.17) is 0 Å². The summed E-state index contributed by atoms with van der Waals surface area (Å²) < 4.78 is 0. The quantitative estimate of drug-likeness (QED) is 0.399. The number of rotatable bonds is 4. The monoisotopic (exact) mass is 176 g/mol. The number of hydrogen-bond acceptors (Lipinski definition) is 2. The maximum absolute atomic E-state index is 11.4. The summed E-state index contributed by atoms with van der Waals surface area (Å²) in [7, 11) is 0. The highest BCUT2D eigenvalue weighted by Gasteiger charge is 2.07. The molecule has 0 saturated heterocycles. The van der Waals surface area contributed by atoms with Crippen molar-refractivity contribution >= 4 is 12.1 Å². The standard InChI is InChI=1S/C11H12O2/c1-2-9-5-3-4-6-10(9)11(13)7-8-12/h3-6,8H,2,7H2,1H3. The fourth-order valence-electron chi connectivity index (χ4n) is 1.29. The number of Topliss-reactive ketones (excluding diaryl/α,β-unsaturated/α-hetero) is 1. The molecule has 0 aliphatic heterocycles. The number of carbonyl (C=O) groups excluding carboxylic acids is 2. The molecule has 0 saturated carbocycles. The van der Waals surface area contributed by atoms with E-state index in [0.29, 0.717) is 11.8 Å². The van der Waals surface area contributed by atoms with Crippen LogP contribution in [-0.4, -0.2) is 12.1 Å². The summed E-state index contributed by atoms with van der Waals surface area (Å²) in [4.78, 5) is 21.6. The van der Waals surface area contributed by atoms with Gasteiger partial charge in [-0.25, -0.2) is 0 Å². The van der Waals surface area contributed by atoms with Crippen molar-refractivity contribution in [2.45, 2.75) is 19.8 Å². The lowest BCUT2D eigenvalue weighted by Crippen LogP contribution is -2.03. The van der Waals surface area contributed by atoms with Crippen LogP contribution in [0.2, 0.25) is 0 Å². The Hall–Kier alpha value is -1.44. The van der Waals surface area contributed by atoms with E-state index in [1.165, 1.54) is 0 Å². The molecule has 1 aromatic rings. The average molecular weight is 176 g/mol. The van der Waals surface area contributed by atoms with Gasteiger partial charge in [-0.2, -0.15) is 0 Å². The van der Waals surface area contributed by atoms with Gasteiger partial charge in [0.1, 0.15) is 6.29 Å². The summed E-state index contributed by atoms with van der Waals surface area (Å²) in [5.74, 6) is -0.0903. The summed E-state index contributed by atoms with van der Waals surface area (Å²) in [6, 6.07) is 7.40. The molecule has 0 fully saturated rings. The van der Waals surface area contributed by atoms with Crippen molar-refractivity contribution in [3.05, 3.63) is 35.4 Å². The van der Waals surface area contributed by atoms with Crippen molar-refractivity contribution in [1.82, 2.24) is 0 Å². The molecule has 0 spiro atoms. The second kappa shape index (κ2) is 4.55. The van der Waals surface area contributed by atoms with E-state index in [1.807, 2.05) is 25.1 Å². The Balaban J connectivity index is 2.98. The van der Waals surface area contributed by atoms with E-state index in [2.05, 4.69) is 0 Å². The Morgan fingerprint density at radius 1 is 1.38 bits per heavy atom. The van der Waals surface area contributed by atoms with Crippen LogP contribution >= 0.6 is 0 Å². The van der Waals surface area contributed by atoms with Crippen LogP contribution in [0.3, 0.4) is 0 Å². The Kier molecular flexibility index (Phi) is 3.38. The third-order valence-electron chi connectivity index (χ3n) is 1.97. The fraction of sp³-hybridized carbons (Fsp3) is 0.273. The topological polar surface area (TPSA) is 34.1 Å². The van der Waals surface area contributed by atoms with Crippen molar-refractivity contribution in [2.75, 3.05) is 0 Å². The van der Waals surface area contributed by atoms with Gasteiger partial charge >= 0.3 is 0 Å². The lowest BCUT2D eigenvalue weighted by atomic mass is 10.0. The van der Waals surface area contributed by atoms with Gasteiger partial charge in [0.05, 0.1) is 6.42 Å². The zero-order valence-corrected chi connectivity index (χ0v) is 7.62. The van der Waals surface area contributed by atoms with Gasteiger partial charge in [0, 0.05) is 5.56 Å². The van der Waals surface area contributed by atoms with Crippen molar-refractivity contribution in [3.63, 3.8) is 0 Å². The summed E-state index contributed by atoms with van der Waals surface area (Å²) >= 11 is 0. The van der Waals surface area contributed by atoms with Gasteiger partial charge in [-0.3, -0.25) is 4.79 Å². The van der Waals surface area contributed by atoms with E-state index in [-0.39, 0.29) is 12.2 Å². The number of hydrogen-bond donors (Lipinski definition) is 0. The second-order valence-electron chi connectivity index (χ2n) is 2.80.